The second-order valence-corrected chi connectivity index (χ2v) is 8.63. The predicted molar refractivity (Wildman–Crippen MR) is 103 cm³/mol. The highest BCUT2D eigenvalue weighted by molar-refractivity contribution is 7.86. The number of carboxylic acids is 1. The van der Waals surface area contributed by atoms with E-state index in [1.54, 1.807) is 6.07 Å². The van der Waals surface area contributed by atoms with E-state index < -0.39 is 34.4 Å². The van der Waals surface area contributed by atoms with Crippen molar-refractivity contribution in [1.29, 1.82) is 0 Å². The van der Waals surface area contributed by atoms with Crippen LogP contribution in [0, 0.1) is 0 Å². The molecule has 164 valence electrons. The molecule has 30 heavy (non-hydrogen) atoms. The normalized spacial score (nSPS) is 17.4. The number of nitrogens with one attached hydrogen (secondary N) is 1. The highest BCUT2D eigenvalue weighted by atomic mass is 32.2. The average molecular weight is 441 g/mol. The van der Waals surface area contributed by atoms with Gasteiger partial charge in [-0.2, -0.15) is 8.42 Å². The largest absolute Gasteiger partial charge is 0.480 e. The number of aliphatic carboxylic acids is 1. The summed E-state index contributed by atoms with van der Waals surface area (Å²) in [7, 11) is -3.69. The number of rotatable bonds is 10. The summed E-state index contributed by atoms with van der Waals surface area (Å²) in [5, 5.41) is 11.7. The molecule has 2 heterocycles. The zero-order valence-corrected chi connectivity index (χ0v) is 17.0. The first-order valence-electron chi connectivity index (χ1n) is 9.36. The lowest BCUT2D eigenvalue weighted by atomic mass is 10.1. The van der Waals surface area contributed by atoms with E-state index in [1.807, 2.05) is 4.90 Å². The number of morpholine rings is 1. The Morgan fingerprint density at radius 1 is 1.17 bits per heavy atom. The SMILES string of the molecule is O=C(O)CN1C(=O)c2ccc(CNCOS(=O)(=O)CCN3CCOCC3)cc2C1=O. The van der Waals surface area contributed by atoms with Crippen molar-refractivity contribution in [2.45, 2.75) is 6.54 Å². The van der Waals surface area contributed by atoms with Crippen molar-refractivity contribution in [3.63, 3.8) is 0 Å². The molecule has 2 amide bonds. The predicted octanol–water partition coefficient (Wildman–Crippen LogP) is -0.907. The summed E-state index contributed by atoms with van der Waals surface area (Å²) in [5.41, 5.74) is 0.896. The monoisotopic (exact) mass is 441 g/mol. The van der Waals surface area contributed by atoms with Crippen molar-refractivity contribution in [3.8, 4) is 0 Å². The quantitative estimate of drug-likeness (QED) is 0.203. The topological polar surface area (TPSA) is 143 Å². The highest BCUT2D eigenvalue weighted by Gasteiger charge is 2.36. The number of benzene rings is 1. The van der Waals surface area contributed by atoms with E-state index in [-0.39, 0.29) is 30.2 Å². The molecule has 1 fully saturated rings. The van der Waals surface area contributed by atoms with Gasteiger partial charge in [0.25, 0.3) is 21.9 Å². The van der Waals surface area contributed by atoms with Crippen LogP contribution in [0.3, 0.4) is 0 Å². The van der Waals surface area contributed by atoms with Crippen molar-refractivity contribution in [3.05, 3.63) is 34.9 Å². The van der Waals surface area contributed by atoms with Crippen LogP contribution < -0.4 is 5.32 Å². The van der Waals surface area contributed by atoms with Gasteiger partial charge in [-0.05, 0) is 17.7 Å². The van der Waals surface area contributed by atoms with Crippen LogP contribution in [0.2, 0.25) is 0 Å². The smallest absolute Gasteiger partial charge is 0.323 e. The Hall–Kier alpha value is -2.38. The van der Waals surface area contributed by atoms with Crippen molar-refractivity contribution in [2.75, 3.05) is 51.9 Å². The van der Waals surface area contributed by atoms with Crippen LogP contribution in [0.4, 0.5) is 0 Å². The molecule has 0 saturated carbocycles. The molecule has 2 aliphatic heterocycles. The van der Waals surface area contributed by atoms with Gasteiger partial charge in [0, 0.05) is 26.2 Å². The molecule has 12 heteroatoms. The number of imide groups is 1. The van der Waals surface area contributed by atoms with E-state index in [0.29, 0.717) is 43.3 Å². The second kappa shape index (κ2) is 9.62. The van der Waals surface area contributed by atoms with Gasteiger partial charge in [0.1, 0.15) is 13.3 Å². The lowest BCUT2D eigenvalue weighted by Crippen LogP contribution is -2.39. The molecule has 0 bridgehead atoms. The molecule has 0 aliphatic carbocycles. The number of ether oxygens (including phenoxy) is 1. The van der Waals surface area contributed by atoms with Crippen LogP contribution in [0.25, 0.3) is 0 Å². The number of hydrogen-bond acceptors (Lipinski definition) is 9. The minimum atomic E-state index is -3.69. The summed E-state index contributed by atoms with van der Waals surface area (Å²) in [6, 6.07) is 4.54. The fraction of sp³-hybridized carbons (Fsp3) is 0.500. The maximum Gasteiger partial charge on any atom is 0.323 e. The van der Waals surface area contributed by atoms with Gasteiger partial charge >= 0.3 is 5.97 Å². The van der Waals surface area contributed by atoms with Crippen LogP contribution in [0.1, 0.15) is 26.3 Å². The van der Waals surface area contributed by atoms with Gasteiger partial charge < -0.3 is 9.84 Å². The number of fused-ring (bicyclic) bond motifs is 1. The molecule has 1 aromatic carbocycles. The molecule has 2 aliphatic rings. The Kier molecular flexibility index (Phi) is 7.15. The third kappa shape index (κ3) is 5.61. The first-order chi connectivity index (χ1) is 14.3. The Balaban J connectivity index is 1.47. The molecule has 3 rings (SSSR count). The number of carbonyl (C=O) groups is 3. The van der Waals surface area contributed by atoms with Crippen molar-refractivity contribution in [1.82, 2.24) is 15.1 Å². The van der Waals surface area contributed by atoms with E-state index >= 15 is 0 Å². The maximum absolute atomic E-state index is 12.3. The zero-order chi connectivity index (χ0) is 21.7. The first-order valence-corrected chi connectivity index (χ1v) is 10.9. The van der Waals surface area contributed by atoms with Crippen LogP contribution in [-0.4, -0.2) is 93.0 Å². The molecule has 0 radical (unpaired) electrons. The third-order valence-electron chi connectivity index (χ3n) is 4.76. The molecule has 2 N–H and O–H groups in total. The fourth-order valence-electron chi connectivity index (χ4n) is 3.18. The Labute approximate surface area is 173 Å². The maximum atomic E-state index is 12.3. The summed E-state index contributed by atoms with van der Waals surface area (Å²) in [6.45, 7) is 2.20. The zero-order valence-electron chi connectivity index (χ0n) is 16.2. The Morgan fingerprint density at radius 2 is 1.87 bits per heavy atom. The van der Waals surface area contributed by atoms with Gasteiger partial charge in [-0.15, -0.1) is 0 Å². The average Bonchev–Trinajstić information content (AvgIpc) is 2.95. The van der Waals surface area contributed by atoms with Gasteiger partial charge in [0.15, 0.2) is 0 Å². The van der Waals surface area contributed by atoms with Crippen molar-refractivity contribution >= 4 is 27.9 Å². The van der Waals surface area contributed by atoms with Crippen LogP contribution >= 0.6 is 0 Å². The summed E-state index contributed by atoms with van der Waals surface area (Å²) >= 11 is 0. The van der Waals surface area contributed by atoms with Gasteiger partial charge in [0.05, 0.1) is 30.1 Å². The van der Waals surface area contributed by atoms with Crippen molar-refractivity contribution < 1.29 is 36.8 Å². The summed E-state index contributed by atoms with van der Waals surface area (Å²) < 4.78 is 34.1. The molecule has 0 unspecified atom stereocenters. The van der Waals surface area contributed by atoms with E-state index in [1.165, 1.54) is 12.1 Å². The molecular formula is C18H23N3O8S. The lowest BCUT2D eigenvalue weighted by molar-refractivity contribution is -0.137. The number of carbonyl (C=O) groups excluding carboxylic acids is 2. The summed E-state index contributed by atoms with van der Waals surface area (Å²) in [6.07, 6.45) is 0. The Bertz CT molecular complexity index is 927. The molecule has 0 aromatic heterocycles. The van der Waals surface area contributed by atoms with Gasteiger partial charge in [-0.25, -0.2) is 0 Å². The number of hydrogen-bond donors (Lipinski definition) is 2. The van der Waals surface area contributed by atoms with E-state index in [9.17, 15) is 22.8 Å². The molecule has 11 nitrogen and oxygen atoms in total. The number of amides is 2. The van der Waals surface area contributed by atoms with Gasteiger partial charge in [-0.1, -0.05) is 6.07 Å². The standard InChI is InChI=1S/C18H23N3O8S/c22-16(23)11-21-17(24)14-2-1-13(9-15(14)18(21)25)10-19-12-29-30(26,27)8-5-20-3-6-28-7-4-20/h1-2,9,19H,3-8,10-12H2,(H,22,23). The van der Waals surface area contributed by atoms with E-state index in [0.717, 1.165) is 0 Å². The first kappa shape index (κ1) is 22.3. The number of carboxylic acid groups (broad SMARTS) is 1. The molecule has 0 atom stereocenters. The summed E-state index contributed by atoms with van der Waals surface area (Å²) in [4.78, 5) is 37.9. The third-order valence-corrected chi connectivity index (χ3v) is 5.92. The van der Waals surface area contributed by atoms with Gasteiger partial charge in [-0.3, -0.25) is 33.7 Å². The fourth-order valence-corrected chi connectivity index (χ4v) is 4.04. The molecular weight excluding hydrogens is 418 g/mol. The molecule has 1 aromatic rings. The van der Waals surface area contributed by atoms with Crippen molar-refractivity contribution in [2.24, 2.45) is 0 Å². The molecule has 0 spiro atoms. The minimum absolute atomic E-state index is 0.121. The van der Waals surface area contributed by atoms with Crippen LogP contribution in [0.5, 0.6) is 0 Å². The Morgan fingerprint density at radius 3 is 2.57 bits per heavy atom. The van der Waals surface area contributed by atoms with E-state index in [4.69, 9.17) is 14.0 Å². The summed E-state index contributed by atoms with van der Waals surface area (Å²) in [5.74, 6) is -2.71. The molecule has 1 saturated heterocycles. The highest BCUT2D eigenvalue weighted by Crippen LogP contribution is 2.23. The number of nitrogens with zero attached hydrogens (tertiary/aromatic N) is 2. The minimum Gasteiger partial charge on any atom is -0.480 e. The van der Waals surface area contributed by atoms with Crippen LogP contribution in [0.15, 0.2) is 18.2 Å². The lowest BCUT2D eigenvalue weighted by Gasteiger charge is -2.26. The van der Waals surface area contributed by atoms with Crippen LogP contribution in [-0.2, 0) is 30.4 Å². The van der Waals surface area contributed by atoms with E-state index in [2.05, 4.69) is 5.32 Å². The van der Waals surface area contributed by atoms with Gasteiger partial charge in [0.2, 0.25) is 0 Å². The second-order valence-electron chi connectivity index (χ2n) is 6.87.